The molecule has 0 radical (unpaired) electrons. The van der Waals surface area contributed by atoms with Crippen molar-refractivity contribution in [1.82, 2.24) is 14.8 Å². The number of ether oxygens (including phenoxy) is 1. The van der Waals surface area contributed by atoms with Crippen LogP contribution in [0, 0.1) is 0 Å². The van der Waals surface area contributed by atoms with Gasteiger partial charge in [0, 0.05) is 6.20 Å². The summed E-state index contributed by atoms with van der Waals surface area (Å²) >= 11 is 0. The highest BCUT2D eigenvalue weighted by Crippen LogP contribution is 2.24. The van der Waals surface area contributed by atoms with Crippen molar-refractivity contribution in [2.24, 2.45) is 0 Å². The average molecular weight is 283 g/mol. The summed E-state index contributed by atoms with van der Waals surface area (Å²) in [6.45, 7) is 2.03. The van der Waals surface area contributed by atoms with Crippen LogP contribution in [0.5, 0.6) is 0 Å². The summed E-state index contributed by atoms with van der Waals surface area (Å²) in [7, 11) is 0. The van der Waals surface area contributed by atoms with E-state index in [-0.39, 0.29) is 12.3 Å². The fourth-order valence-electron chi connectivity index (χ4n) is 1.96. The smallest absolute Gasteiger partial charge is 0.360 e. The van der Waals surface area contributed by atoms with E-state index in [2.05, 4.69) is 10.1 Å². The number of hydrogen-bond acceptors (Lipinski definition) is 5. The van der Waals surface area contributed by atoms with Crippen LogP contribution in [0.2, 0.25) is 0 Å². The number of rotatable bonds is 4. The number of benzene rings is 1. The summed E-state index contributed by atoms with van der Waals surface area (Å²) in [5.74, 6) is -0.149. The van der Waals surface area contributed by atoms with Crippen LogP contribution in [0.4, 0.5) is 0 Å². The van der Waals surface area contributed by atoms with Gasteiger partial charge in [-0.15, -0.1) is 0 Å². The first-order valence-corrected chi connectivity index (χ1v) is 6.50. The minimum Gasteiger partial charge on any atom is -0.461 e. The van der Waals surface area contributed by atoms with Gasteiger partial charge in [0.15, 0.2) is 17.8 Å². The number of carbonyl (C=O) groups is 1. The third-order valence-electron chi connectivity index (χ3n) is 2.90. The molecule has 0 aliphatic carbocycles. The molecule has 3 rings (SSSR count). The Morgan fingerprint density at radius 2 is 2.14 bits per heavy atom. The summed E-state index contributed by atoms with van der Waals surface area (Å²) in [6, 6.07) is 9.65. The maximum atomic E-state index is 11.8. The van der Waals surface area contributed by atoms with E-state index in [9.17, 15) is 4.79 Å². The number of para-hydroxylation sites is 1. The first-order chi connectivity index (χ1) is 10.3. The van der Waals surface area contributed by atoms with Crippen molar-refractivity contribution in [3.8, 4) is 17.0 Å². The van der Waals surface area contributed by atoms with E-state index in [4.69, 9.17) is 9.15 Å². The lowest BCUT2D eigenvalue weighted by atomic mass is 10.2. The van der Waals surface area contributed by atoms with E-state index in [1.54, 1.807) is 24.0 Å². The van der Waals surface area contributed by atoms with Crippen LogP contribution in [-0.2, 0) is 4.74 Å². The van der Waals surface area contributed by atoms with Crippen LogP contribution in [0.3, 0.4) is 0 Å². The second-order valence-corrected chi connectivity index (χ2v) is 4.26. The predicted octanol–water partition coefficient (Wildman–Crippen LogP) is 2.70. The van der Waals surface area contributed by atoms with Gasteiger partial charge in [0.05, 0.1) is 24.1 Å². The van der Waals surface area contributed by atoms with Crippen molar-refractivity contribution < 1.29 is 13.9 Å². The molecule has 0 N–H and O–H groups in total. The molecule has 21 heavy (non-hydrogen) atoms. The van der Waals surface area contributed by atoms with Crippen LogP contribution in [-0.4, -0.2) is 27.3 Å². The van der Waals surface area contributed by atoms with Crippen molar-refractivity contribution in [2.75, 3.05) is 6.61 Å². The highest BCUT2D eigenvalue weighted by molar-refractivity contribution is 5.93. The topological polar surface area (TPSA) is 70.2 Å². The molecule has 0 atom stereocenters. The molecule has 6 nitrogen and oxygen atoms in total. The van der Waals surface area contributed by atoms with Crippen molar-refractivity contribution >= 4 is 5.97 Å². The van der Waals surface area contributed by atoms with Gasteiger partial charge in [-0.2, -0.15) is 5.10 Å². The Labute approximate surface area is 121 Å². The molecule has 1 aromatic carbocycles. The Balaban J connectivity index is 1.94. The molecular formula is C15H13N3O3. The van der Waals surface area contributed by atoms with E-state index in [0.717, 1.165) is 5.69 Å². The largest absolute Gasteiger partial charge is 0.461 e. The van der Waals surface area contributed by atoms with Crippen LogP contribution in [0.25, 0.3) is 17.0 Å². The highest BCUT2D eigenvalue weighted by Gasteiger charge is 2.20. The number of aromatic nitrogens is 3. The zero-order chi connectivity index (χ0) is 14.7. The molecule has 0 amide bonds. The molecule has 3 aromatic rings. The van der Waals surface area contributed by atoms with E-state index < -0.39 is 5.97 Å². The molecule has 0 spiro atoms. The summed E-state index contributed by atoms with van der Waals surface area (Å²) in [4.78, 5) is 15.7. The lowest BCUT2D eigenvalue weighted by Crippen LogP contribution is -2.06. The average Bonchev–Trinajstić information content (AvgIpc) is 3.17. The van der Waals surface area contributed by atoms with Gasteiger partial charge < -0.3 is 9.15 Å². The minimum atomic E-state index is -0.506. The lowest BCUT2D eigenvalue weighted by molar-refractivity contribution is 0.0520. The number of carbonyl (C=O) groups excluding carboxylic acids is 1. The van der Waals surface area contributed by atoms with E-state index in [0.29, 0.717) is 11.3 Å². The van der Waals surface area contributed by atoms with Gasteiger partial charge in [0.25, 0.3) is 0 Å². The first-order valence-electron chi connectivity index (χ1n) is 6.50. The highest BCUT2D eigenvalue weighted by atomic mass is 16.5. The molecule has 0 aliphatic rings. The van der Waals surface area contributed by atoms with Crippen LogP contribution < -0.4 is 0 Å². The Bertz CT molecular complexity index is 746. The maximum absolute atomic E-state index is 11.8. The van der Waals surface area contributed by atoms with Crippen LogP contribution in [0.1, 0.15) is 17.4 Å². The molecule has 0 saturated carbocycles. The molecule has 2 heterocycles. The molecule has 6 heteroatoms. The van der Waals surface area contributed by atoms with Gasteiger partial charge in [-0.3, -0.25) is 0 Å². The van der Waals surface area contributed by atoms with Gasteiger partial charge in [-0.05, 0) is 19.1 Å². The predicted molar refractivity (Wildman–Crippen MR) is 75.0 cm³/mol. The number of esters is 1. The molecule has 0 bridgehead atoms. The minimum absolute atomic E-state index is 0.157. The fraction of sp³-hybridized carbons (Fsp3) is 0.133. The molecule has 0 fully saturated rings. The Morgan fingerprint density at radius 3 is 2.90 bits per heavy atom. The van der Waals surface area contributed by atoms with Gasteiger partial charge in [0.1, 0.15) is 0 Å². The Kier molecular flexibility index (Phi) is 3.51. The van der Waals surface area contributed by atoms with Gasteiger partial charge in [-0.1, -0.05) is 18.2 Å². The third-order valence-corrected chi connectivity index (χ3v) is 2.90. The van der Waals surface area contributed by atoms with Crippen molar-refractivity contribution in [3.05, 3.63) is 54.8 Å². The van der Waals surface area contributed by atoms with E-state index in [1.807, 2.05) is 30.3 Å². The summed E-state index contributed by atoms with van der Waals surface area (Å²) in [5, 5.41) is 4.27. The number of nitrogens with zero attached hydrogens (tertiary/aromatic N) is 3. The molecule has 0 saturated heterocycles. The first kappa shape index (κ1) is 13.1. The van der Waals surface area contributed by atoms with Crippen LogP contribution >= 0.6 is 0 Å². The van der Waals surface area contributed by atoms with Crippen LogP contribution in [0.15, 0.2) is 53.5 Å². The third kappa shape index (κ3) is 2.55. The normalized spacial score (nSPS) is 10.5. The fourth-order valence-corrected chi connectivity index (χ4v) is 1.96. The zero-order valence-corrected chi connectivity index (χ0v) is 11.4. The van der Waals surface area contributed by atoms with Gasteiger partial charge in [-0.25, -0.2) is 14.5 Å². The Hall–Kier alpha value is -2.89. The SMILES string of the molecule is CCOC(=O)c1ncoc1-c1cnn(-c2ccccc2)c1. The second-order valence-electron chi connectivity index (χ2n) is 4.26. The standard InChI is InChI=1S/C15H13N3O3/c1-2-20-15(19)13-14(21-10-16-13)11-8-17-18(9-11)12-6-4-3-5-7-12/h3-10H,2H2,1H3. The summed E-state index contributed by atoms with van der Waals surface area (Å²) in [6.07, 6.45) is 4.62. The molecular weight excluding hydrogens is 270 g/mol. The molecule has 106 valence electrons. The van der Waals surface area contributed by atoms with Gasteiger partial charge >= 0.3 is 5.97 Å². The van der Waals surface area contributed by atoms with Gasteiger partial charge in [0.2, 0.25) is 0 Å². The lowest BCUT2D eigenvalue weighted by Gasteiger charge is -2.00. The quantitative estimate of drug-likeness (QED) is 0.688. The zero-order valence-electron chi connectivity index (χ0n) is 11.4. The number of oxazole rings is 1. The summed E-state index contributed by atoms with van der Waals surface area (Å²) in [5.41, 5.74) is 1.74. The Morgan fingerprint density at radius 1 is 1.33 bits per heavy atom. The second kappa shape index (κ2) is 5.62. The van der Waals surface area contributed by atoms with Crippen molar-refractivity contribution in [1.29, 1.82) is 0 Å². The maximum Gasteiger partial charge on any atom is 0.360 e. The molecule has 0 aliphatic heterocycles. The molecule has 2 aromatic heterocycles. The van der Waals surface area contributed by atoms with Crippen molar-refractivity contribution in [3.63, 3.8) is 0 Å². The monoisotopic (exact) mass is 283 g/mol. The summed E-state index contributed by atoms with van der Waals surface area (Å²) < 4.78 is 12.0. The van der Waals surface area contributed by atoms with E-state index in [1.165, 1.54) is 6.39 Å². The number of hydrogen-bond donors (Lipinski definition) is 0. The van der Waals surface area contributed by atoms with Crippen molar-refractivity contribution in [2.45, 2.75) is 6.92 Å². The van der Waals surface area contributed by atoms with E-state index >= 15 is 0 Å². The molecule has 0 unspecified atom stereocenters.